The smallest absolute Gasteiger partial charge is 0.0780 e. The third kappa shape index (κ3) is 64.6. The first-order chi connectivity index (χ1) is 25.1. The van der Waals surface area contributed by atoms with Gasteiger partial charge in [-0.3, -0.25) is 0 Å². The van der Waals surface area contributed by atoms with Crippen molar-refractivity contribution >= 4 is 0 Å². The normalized spacial score (nSPS) is 11.6. The highest BCUT2D eigenvalue weighted by atomic mass is 79.9. The molecule has 0 rings (SSSR count). The molecule has 0 unspecified atom stereocenters. The van der Waals surface area contributed by atoms with Crippen molar-refractivity contribution in [2.45, 2.75) is 271 Å². The molecule has 0 aromatic carbocycles. The van der Waals surface area contributed by atoms with Crippen molar-refractivity contribution in [2.24, 2.45) is 0 Å². The van der Waals surface area contributed by atoms with Crippen LogP contribution in [0.15, 0.2) is 0 Å². The average molecular weight is 853 g/mol. The van der Waals surface area contributed by atoms with Crippen LogP contribution in [0.25, 0.3) is 0 Å². The molecular formula is C50H108BrClN2. The maximum Gasteiger partial charge on any atom is 0.0780 e. The van der Waals surface area contributed by atoms with Gasteiger partial charge in [0.15, 0.2) is 0 Å². The lowest BCUT2D eigenvalue weighted by molar-refractivity contribution is -0.870. The predicted octanol–water partition coefficient (Wildman–Crippen LogP) is 11.0. The zero-order chi connectivity index (χ0) is 38.7. The van der Waals surface area contributed by atoms with Crippen molar-refractivity contribution in [3.8, 4) is 0 Å². The molecule has 54 heavy (non-hydrogen) atoms. The number of hydrogen-bond donors (Lipinski definition) is 0. The summed E-state index contributed by atoms with van der Waals surface area (Å²) < 4.78 is 2.25. The topological polar surface area (TPSA) is 0 Å². The number of quaternary nitrogens is 2. The third-order valence-corrected chi connectivity index (χ3v) is 11.4. The molecule has 4 heteroatoms. The number of unbranched alkanes of at least 4 members (excludes halogenated alkanes) is 38. The molecule has 0 aliphatic heterocycles. The Balaban J connectivity index is -0.000000446. The van der Waals surface area contributed by atoms with Crippen molar-refractivity contribution in [1.82, 2.24) is 0 Å². The van der Waals surface area contributed by atoms with E-state index in [1.807, 2.05) is 0 Å². The van der Waals surface area contributed by atoms with E-state index < -0.39 is 0 Å². The number of halogens is 2. The number of hydrogen-bond acceptors (Lipinski definition) is 0. The summed E-state index contributed by atoms with van der Waals surface area (Å²) in [7, 11) is 13.8. The molecule has 0 spiro atoms. The summed E-state index contributed by atoms with van der Waals surface area (Å²) in [6.45, 7) is 7.27. The van der Waals surface area contributed by atoms with Gasteiger partial charge in [0.2, 0.25) is 0 Å². The zero-order valence-corrected chi connectivity index (χ0v) is 41.7. The van der Waals surface area contributed by atoms with Gasteiger partial charge in [-0.1, -0.05) is 245 Å². The molecule has 0 radical (unpaired) electrons. The Hall–Kier alpha value is 0.690. The average Bonchev–Trinajstić information content (AvgIpc) is 3.09. The van der Waals surface area contributed by atoms with Crippen LogP contribution in [0, 0.1) is 0 Å². The second-order valence-electron chi connectivity index (χ2n) is 19.5. The molecule has 0 heterocycles. The Bertz CT molecular complexity index is 575. The molecular weight excluding hydrogens is 744 g/mol. The minimum atomic E-state index is 0. The molecule has 2 nitrogen and oxygen atoms in total. The first-order valence-electron chi connectivity index (χ1n) is 24.7. The Morgan fingerprint density at radius 3 is 0.426 bits per heavy atom. The Kier molecular flexibility index (Phi) is 56.6. The Morgan fingerprint density at radius 1 is 0.204 bits per heavy atom. The molecule has 0 atom stereocenters. The van der Waals surface area contributed by atoms with Crippen LogP contribution in [-0.2, 0) is 0 Å². The van der Waals surface area contributed by atoms with Gasteiger partial charge >= 0.3 is 0 Å². The highest BCUT2D eigenvalue weighted by molar-refractivity contribution is 4.53. The van der Waals surface area contributed by atoms with Gasteiger partial charge in [0, 0.05) is 0 Å². The fourth-order valence-corrected chi connectivity index (χ4v) is 7.68. The van der Waals surface area contributed by atoms with Gasteiger partial charge in [-0.2, -0.15) is 0 Å². The molecule has 0 saturated carbocycles. The summed E-state index contributed by atoms with van der Waals surface area (Å²) in [5.41, 5.74) is 0. The fraction of sp³-hybridized carbons (Fsp3) is 1.00. The van der Waals surface area contributed by atoms with Gasteiger partial charge in [-0.05, 0) is 25.7 Å². The van der Waals surface area contributed by atoms with Gasteiger partial charge in [0.25, 0.3) is 0 Å². The van der Waals surface area contributed by atoms with E-state index in [1.165, 1.54) is 270 Å². The van der Waals surface area contributed by atoms with Gasteiger partial charge in [0.1, 0.15) is 0 Å². The van der Waals surface area contributed by atoms with Crippen LogP contribution in [0.2, 0.25) is 0 Å². The van der Waals surface area contributed by atoms with E-state index in [4.69, 9.17) is 0 Å². The van der Waals surface area contributed by atoms with Crippen LogP contribution >= 0.6 is 0 Å². The predicted molar refractivity (Wildman–Crippen MR) is 242 cm³/mol. The van der Waals surface area contributed by atoms with E-state index in [9.17, 15) is 0 Å². The highest BCUT2D eigenvalue weighted by Gasteiger charge is 2.06. The summed E-state index contributed by atoms with van der Waals surface area (Å²) in [5, 5.41) is 0. The molecule has 0 aliphatic carbocycles. The van der Waals surface area contributed by atoms with E-state index in [0.717, 1.165) is 8.97 Å². The Labute approximate surface area is 362 Å². The second kappa shape index (κ2) is 49.8. The van der Waals surface area contributed by atoms with Crippen molar-refractivity contribution in [3.63, 3.8) is 0 Å². The van der Waals surface area contributed by atoms with Crippen molar-refractivity contribution in [3.05, 3.63) is 0 Å². The quantitative estimate of drug-likeness (QED) is 0.0424. The number of rotatable bonds is 42. The molecule has 0 N–H and O–H groups in total. The van der Waals surface area contributed by atoms with Gasteiger partial charge in [0.05, 0.1) is 55.4 Å². The largest absolute Gasteiger partial charge is 1.00 e. The van der Waals surface area contributed by atoms with Crippen molar-refractivity contribution in [1.29, 1.82) is 0 Å². The van der Waals surface area contributed by atoms with E-state index in [2.05, 4.69) is 56.1 Å². The van der Waals surface area contributed by atoms with Crippen LogP contribution in [0.4, 0.5) is 0 Å². The molecule has 332 valence electrons. The summed E-state index contributed by atoms with van der Waals surface area (Å²) in [5.74, 6) is 0. The lowest BCUT2D eigenvalue weighted by Crippen LogP contribution is -3.00. The molecule has 0 aromatic rings. The molecule has 0 saturated heterocycles. The maximum absolute atomic E-state index is 2.30. The van der Waals surface area contributed by atoms with Crippen LogP contribution in [-0.4, -0.2) is 64.3 Å². The second-order valence-corrected chi connectivity index (χ2v) is 19.5. The monoisotopic (exact) mass is 851 g/mol. The maximum atomic E-state index is 2.30. The van der Waals surface area contributed by atoms with Crippen LogP contribution in [0.3, 0.4) is 0 Å². The molecule has 0 amide bonds. The lowest BCUT2D eigenvalue weighted by Gasteiger charge is -2.23. The van der Waals surface area contributed by atoms with Crippen molar-refractivity contribution < 1.29 is 38.4 Å². The van der Waals surface area contributed by atoms with Gasteiger partial charge < -0.3 is 38.4 Å². The van der Waals surface area contributed by atoms with Gasteiger partial charge in [-0.25, -0.2) is 0 Å². The standard InChI is InChI=1S/2C25H54N.BrH.ClH/c2*1-5-6-7-8-9-10-11-12-13-14-15-16-17-18-19-20-21-22-23-24-25-26(2,3)4;;/h2*5-25H2,1-4H3;2*1H/q2*+1;;/p-2. The first-order valence-corrected chi connectivity index (χ1v) is 24.7. The van der Waals surface area contributed by atoms with E-state index in [0.29, 0.717) is 0 Å². The lowest BCUT2D eigenvalue weighted by atomic mass is 10.0. The molecule has 0 aromatic heterocycles. The highest BCUT2D eigenvalue weighted by Crippen LogP contribution is 2.17. The fourth-order valence-electron chi connectivity index (χ4n) is 7.68. The third-order valence-electron chi connectivity index (χ3n) is 11.4. The molecule has 0 bridgehead atoms. The van der Waals surface area contributed by atoms with Crippen LogP contribution < -0.4 is 29.4 Å². The summed E-state index contributed by atoms with van der Waals surface area (Å²) in [6.07, 6.45) is 58.7. The summed E-state index contributed by atoms with van der Waals surface area (Å²) >= 11 is 0. The van der Waals surface area contributed by atoms with Gasteiger partial charge in [-0.15, -0.1) is 0 Å². The molecule has 0 fully saturated rings. The van der Waals surface area contributed by atoms with Crippen LogP contribution in [0.1, 0.15) is 271 Å². The number of nitrogens with zero attached hydrogens (tertiary/aromatic N) is 2. The summed E-state index contributed by atoms with van der Waals surface area (Å²) in [4.78, 5) is 0. The van der Waals surface area contributed by atoms with E-state index in [-0.39, 0.29) is 29.4 Å². The first kappa shape index (κ1) is 61.4. The van der Waals surface area contributed by atoms with Crippen molar-refractivity contribution in [2.75, 3.05) is 55.4 Å². The minimum Gasteiger partial charge on any atom is -1.00 e. The molecule has 0 aliphatic rings. The Morgan fingerprint density at radius 2 is 0.315 bits per heavy atom. The SMILES string of the molecule is CCCCCCCCCCCCCCCCCCCCCC[N+](C)(C)C.CCCCCCCCCCCCCCCCCCCCCC[N+](C)(C)C.[Br-].[Cl-]. The minimum absolute atomic E-state index is 0. The van der Waals surface area contributed by atoms with E-state index >= 15 is 0 Å². The van der Waals surface area contributed by atoms with Crippen LogP contribution in [0.5, 0.6) is 0 Å². The summed E-state index contributed by atoms with van der Waals surface area (Å²) in [6, 6.07) is 0. The zero-order valence-electron chi connectivity index (χ0n) is 39.3. The van der Waals surface area contributed by atoms with E-state index in [1.54, 1.807) is 0 Å².